The number of nitrogens with one attached hydrogen (secondary N) is 1. The van der Waals surface area contributed by atoms with Crippen molar-refractivity contribution in [1.82, 2.24) is 5.32 Å². The highest BCUT2D eigenvalue weighted by molar-refractivity contribution is 5.76. The van der Waals surface area contributed by atoms with Crippen LogP contribution in [0, 0.1) is 0 Å². The van der Waals surface area contributed by atoms with E-state index in [0.717, 1.165) is 25.7 Å². The molecule has 1 amide bonds. The van der Waals surface area contributed by atoms with Crippen molar-refractivity contribution in [3.8, 4) is 0 Å². The van der Waals surface area contributed by atoms with Crippen LogP contribution < -0.4 is 11.1 Å². The first-order chi connectivity index (χ1) is 6.74. The molecule has 0 aromatic heterocycles. The van der Waals surface area contributed by atoms with E-state index in [2.05, 4.69) is 5.32 Å². The Morgan fingerprint density at radius 3 is 2.64 bits per heavy atom. The first-order valence-corrected chi connectivity index (χ1v) is 5.34. The molecule has 0 aliphatic heterocycles. The van der Waals surface area contributed by atoms with Crippen molar-refractivity contribution < 1.29 is 9.90 Å². The average molecular weight is 202 g/mol. The summed E-state index contributed by atoms with van der Waals surface area (Å²) in [4.78, 5) is 11.3. The molecule has 1 atom stereocenters. The zero-order valence-corrected chi connectivity index (χ0v) is 8.96. The molecule has 0 aliphatic rings. The van der Waals surface area contributed by atoms with Crippen LogP contribution in [0.1, 0.15) is 39.0 Å². The maximum Gasteiger partial charge on any atom is 0.220 e. The topological polar surface area (TPSA) is 75.3 Å². The molecule has 0 fully saturated rings. The number of unbranched alkanes of at least 4 members (excludes halogenated alkanes) is 2. The van der Waals surface area contributed by atoms with E-state index in [-0.39, 0.29) is 18.6 Å². The SMILES string of the molecule is CCC(CO)NC(=O)CCCCCN. The van der Waals surface area contributed by atoms with Gasteiger partial charge in [0.15, 0.2) is 0 Å². The summed E-state index contributed by atoms with van der Waals surface area (Å²) in [7, 11) is 0. The molecular weight excluding hydrogens is 180 g/mol. The van der Waals surface area contributed by atoms with E-state index in [9.17, 15) is 4.79 Å². The third-order valence-corrected chi connectivity index (χ3v) is 2.19. The Hall–Kier alpha value is -0.610. The van der Waals surface area contributed by atoms with Crippen LogP contribution in [-0.2, 0) is 4.79 Å². The van der Waals surface area contributed by atoms with Crippen molar-refractivity contribution in [3.63, 3.8) is 0 Å². The summed E-state index contributed by atoms with van der Waals surface area (Å²) >= 11 is 0. The van der Waals surface area contributed by atoms with Gasteiger partial charge in [-0.2, -0.15) is 0 Å². The van der Waals surface area contributed by atoms with E-state index in [0.29, 0.717) is 13.0 Å². The van der Waals surface area contributed by atoms with Gasteiger partial charge in [0.1, 0.15) is 0 Å². The van der Waals surface area contributed by atoms with E-state index in [1.165, 1.54) is 0 Å². The molecule has 0 radical (unpaired) electrons. The molecule has 0 rings (SSSR count). The third-order valence-electron chi connectivity index (χ3n) is 2.19. The molecule has 4 heteroatoms. The summed E-state index contributed by atoms with van der Waals surface area (Å²) < 4.78 is 0. The molecule has 0 bridgehead atoms. The minimum Gasteiger partial charge on any atom is -0.394 e. The Morgan fingerprint density at radius 2 is 2.14 bits per heavy atom. The molecule has 0 saturated carbocycles. The number of hydrogen-bond donors (Lipinski definition) is 3. The maximum atomic E-state index is 11.3. The fourth-order valence-corrected chi connectivity index (χ4v) is 1.18. The molecule has 84 valence electrons. The van der Waals surface area contributed by atoms with Gasteiger partial charge in [-0.1, -0.05) is 13.3 Å². The molecule has 0 aromatic rings. The first kappa shape index (κ1) is 13.4. The van der Waals surface area contributed by atoms with Gasteiger partial charge in [0, 0.05) is 6.42 Å². The molecule has 0 aliphatic carbocycles. The van der Waals surface area contributed by atoms with E-state index in [1.807, 2.05) is 6.92 Å². The highest BCUT2D eigenvalue weighted by Crippen LogP contribution is 1.99. The van der Waals surface area contributed by atoms with E-state index >= 15 is 0 Å². The van der Waals surface area contributed by atoms with E-state index in [4.69, 9.17) is 10.8 Å². The molecular formula is C10H22N2O2. The number of nitrogens with two attached hydrogens (primary N) is 1. The normalized spacial score (nSPS) is 12.5. The fourth-order valence-electron chi connectivity index (χ4n) is 1.18. The van der Waals surface area contributed by atoms with Gasteiger partial charge in [-0.3, -0.25) is 4.79 Å². The smallest absolute Gasteiger partial charge is 0.220 e. The predicted molar refractivity (Wildman–Crippen MR) is 56.8 cm³/mol. The molecule has 1 unspecified atom stereocenters. The van der Waals surface area contributed by atoms with Gasteiger partial charge in [0.2, 0.25) is 5.91 Å². The zero-order chi connectivity index (χ0) is 10.8. The standard InChI is InChI=1S/C10H22N2O2/c1-2-9(8-13)12-10(14)6-4-3-5-7-11/h9,13H,2-8,11H2,1H3,(H,12,14). The van der Waals surface area contributed by atoms with Gasteiger partial charge in [-0.25, -0.2) is 0 Å². The summed E-state index contributed by atoms with van der Waals surface area (Å²) in [5, 5.41) is 11.6. The summed E-state index contributed by atoms with van der Waals surface area (Å²) in [6.07, 6.45) is 4.16. The summed E-state index contributed by atoms with van der Waals surface area (Å²) in [5.74, 6) is 0.0305. The predicted octanol–water partition coefficient (Wildman–Crippen LogP) is 0.393. The van der Waals surface area contributed by atoms with Gasteiger partial charge in [-0.05, 0) is 25.8 Å². The van der Waals surface area contributed by atoms with Crippen molar-refractivity contribution >= 4 is 5.91 Å². The molecule has 0 spiro atoms. The van der Waals surface area contributed by atoms with Crippen LogP contribution in [-0.4, -0.2) is 30.2 Å². The lowest BCUT2D eigenvalue weighted by Crippen LogP contribution is -2.36. The maximum absolute atomic E-state index is 11.3. The van der Waals surface area contributed by atoms with Gasteiger partial charge >= 0.3 is 0 Å². The quantitative estimate of drug-likeness (QED) is 0.498. The second kappa shape index (κ2) is 8.97. The average Bonchev–Trinajstić information content (AvgIpc) is 2.21. The van der Waals surface area contributed by atoms with Gasteiger partial charge < -0.3 is 16.2 Å². The number of aliphatic hydroxyl groups excluding tert-OH is 1. The Kier molecular flexibility index (Phi) is 8.57. The second-order valence-electron chi connectivity index (χ2n) is 3.45. The number of amides is 1. The monoisotopic (exact) mass is 202 g/mol. The molecule has 4 N–H and O–H groups in total. The Bertz CT molecular complexity index is 147. The van der Waals surface area contributed by atoms with Crippen LogP contribution in [0.25, 0.3) is 0 Å². The zero-order valence-electron chi connectivity index (χ0n) is 8.96. The van der Waals surface area contributed by atoms with Crippen molar-refractivity contribution in [3.05, 3.63) is 0 Å². The highest BCUT2D eigenvalue weighted by atomic mass is 16.3. The second-order valence-corrected chi connectivity index (χ2v) is 3.45. The number of hydrogen-bond acceptors (Lipinski definition) is 3. The van der Waals surface area contributed by atoms with Crippen LogP contribution in [0.5, 0.6) is 0 Å². The minimum absolute atomic E-state index is 0.0189. The molecule has 4 nitrogen and oxygen atoms in total. The fraction of sp³-hybridized carbons (Fsp3) is 0.900. The van der Waals surface area contributed by atoms with Crippen LogP contribution in [0.2, 0.25) is 0 Å². The van der Waals surface area contributed by atoms with Crippen molar-refractivity contribution in [2.24, 2.45) is 5.73 Å². The largest absolute Gasteiger partial charge is 0.394 e. The Balaban J connectivity index is 3.44. The lowest BCUT2D eigenvalue weighted by atomic mass is 10.1. The van der Waals surface area contributed by atoms with Gasteiger partial charge in [0.05, 0.1) is 12.6 Å². The highest BCUT2D eigenvalue weighted by Gasteiger charge is 2.07. The van der Waals surface area contributed by atoms with Crippen LogP contribution in [0.4, 0.5) is 0 Å². The summed E-state index contributed by atoms with van der Waals surface area (Å²) in [6, 6.07) is -0.0861. The number of aliphatic hydroxyl groups is 1. The van der Waals surface area contributed by atoms with Crippen molar-refractivity contribution in [2.75, 3.05) is 13.2 Å². The molecule has 14 heavy (non-hydrogen) atoms. The van der Waals surface area contributed by atoms with E-state index < -0.39 is 0 Å². The lowest BCUT2D eigenvalue weighted by Gasteiger charge is -2.13. The van der Waals surface area contributed by atoms with E-state index in [1.54, 1.807) is 0 Å². The van der Waals surface area contributed by atoms with Crippen LogP contribution >= 0.6 is 0 Å². The minimum atomic E-state index is -0.0861. The molecule has 0 saturated heterocycles. The van der Waals surface area contributed by atoms with Gasteiger partial charge in [-0.15, -0.1) is 0 Å². The summed E-state index contributed by atoms with van der Waals surface area (Å²) in [5.41, 5.74) is 5.34. The van der Waals surface area contributed by atoms with Crippen LogP contribution in [0.15, 0.2) is 0 Å². The lowest BCUT2D eigenvalue weighted by molar-refractivity contribution is -0.122. The Labute approximate surface area is 85.9 Å². The number of rotatable bonds is 8. The molecule has 0 aromatic carbocycles. The summed E-state index contributed by atoms with van der Waals surface area (Å²) in [6.45, 7) is 2.65. The molecule has 0 heterocycles. The first-order valence-electron chi connectivity index (χ1n) is 5.34. The van der Waals surface area contributed by atoms with Crippen LogP contribution in [0.3, 0.4) is 0 Å². The Morgan fingerprint density at radius 1 is 1.43 bits per heavy atom. The van der Waals surface area contributed by atoms with Gasteiger partial charge in [0.25, 0.3) is 0 Å². The third kappa shape index (κ3) is 6.86. The number of carbonyl (C=O) groups is 1. The number of carbonyl (C=O) groups excluding carboxylic acids is 1. The van der Waals surface area contributed by atoms with Crippen molar-refractivity contribution in [1.29, 1.82) is 0 Å². The van der Waals surface area contributed by atoms with Crippen molar-refractivity contribution in [2.45, 2.75) is 45.1 Å².